The maximum Gasteiger partial charge on any atom is 0.472 e. The van der Waals surface area contributed by atoms with Crippen LogP contribution in [0.2, 0.25) is 0 Å². The van der Waals surface area contributed by atoms with E-state index in [0.29, 0.717) is 12.8 Å². The largest absolute Gasteiger partial charge is 0.472 e. The molecular weight excluding hydrogens is 1290 g/mol. The van der Waals surface area contributed by atoms with E-state index in [1.807, 2.05) is 0 Å². The molecule has 0 aliphatic carbocycles. The third-order valence-electron chi connectivity index (χ3n) is 15.9. The molecule has 0 aliphatic rings. The van der Waals surface area contributed by atoms with Gasteiger partial charge in [-0.1, -0.05) is 353 Å². The van der Waals surface area contributed by atoms with Gasteiger partial charge in [0.25, 0.3) is 0 Å². The fourth-order valence-electron chi connectivity index (χ4n) is 10.1. The van der Waals surface area contributed by atoms with E-state index in [2.05, 4.69) is 269 Å². The van der Waals surface area contributed by atoms with Crippen LogP contribution in [0.3, 0.4) is 0 Å². The zero-order valence-electron chi connectivity index (χ0n) is 64.7. The zero-order chi connectivity index (χ0) is 74.3. The van der Waals surface area contributed by atoms with Gasteiger partial charge in [0.15, 0.2) is 6.10 Å². The summed E-state index contributed by atoms with van der Waals surface area (Å²) in [6.45, 7) is 3.46. The molecule has 10 heteroatoms. The van der Waals surface area contributed by atoms with E-state index in [0.717, 1.165) is 180 Å². The Bertz CT molecular complexity index is 2660. The summed E-state index contributed by atoms with van der Waals surface area (Å²) in [5, 5.41) is 0. The summed E-state index contributed by atoms with van der Waals surface area (Å²) in [5.41, 5.74) is 5.41. The molecule has 0 aromatic carbocycles. The van der Waals surface area contributed by atoms with Crippen molar-refractivity contribution in [2.45, 2.75) is 290 Å². The highest BCUT2D eigenvalue weighted by molar-refractivity contribution is 7.47. The van der Waals surface area contributed by atoms with Gasteiger partial charge in [0.05, 0.1) is 13.2 Å². The van der Waals surface area contributed by atoms with Gasteiger partial charge in [0.2, 0.25) is 0 Å². The quantitative estimate of drug-likeness (QED) is 0.0264. The smallest absolute Gasteiger partial charge is 0.462 e. The van der Waals surface area contributed by atoms with E-state index in [1.165, 1.54) is 64.2 Å². The number of phosphoric acid groups is 1. The maximum atomic E-state index is 12.8. The van der Waals surface area contributed by atoms with Crippen LogP contribution in [-0.2, 0) is 32.7 Å². The van der Waals surface area contributed by atoms with Gasteiger partial charge in [-0.25, -0.2) is 4.57 Å². The molecule has 2 atom stereocenters. The first-order chi connectivity index (χ1) is 50.8. The molecule has 0 fully saturated rings. The summed E-state index contributed by atoms with van der Waals surface area (Å²) in [5.74, 6) is -0.873. The van der Waals surface area contributed by atoms with Crippen LogP contribution in [0, 0.1) is 0 Å². The first-order valence-electron chi connectivity index (χ1n) is 40.2. The first-order valence-corrected chi connectivity index (χ1v) is 41.7. The predicted octanol–water partition coefficient (Wildman–Crippen LogP) is 27.6. The maximum absolute atomic E-state index is 12.8. The second-order valence-corrected chi connectivity index (χ2v) is 26.9. The van der Waals surface area contributed by atoms with E-state index in [9.17, 15) is 19.0 Å². The van der Waals surface area contributed by atoms with Crippen molar-refractivity contribution in [3.8, 4) is 0 Å². The van der Waals surface area contributed by atoms with Gasteiger partial charge in [-0.2, -0.15) is 0 Å². The second-order valence-electron chi connectivity index (χ2n) is 25.5. The van der Waals surface area contributed by atoms with Crippen molar-refractivity contribution in [3.63, 3.8) is 0 Å². The van der Waals surface area contributed by atoms with Gasteiger partial charge in [0, 0.05) is 19.4 Å². The summed E-state index contributed by atoms with van der Waals surface area (Å²) in [4.78, 5) is 35.5. The zero-order valence-corrected chi connectivity index (χ0v) is 65.6. The molecule has 0 bridgehead atoms. The average molecular weight is 1440 g/mol. The Hall–Kier alpha value is -6.45. The van der Waals surface area contributed by atoms with Crippen molar-refractivity contribution in [2.75, 3.05) is 26.4 Å². The molecule has 0 saturated heterocycles. The Morgan fingerprint density at radius 1 is 0.291 bits per heavy atom. The summed E-state index contributed by atoms with van der Waals surface area (Å²) in [7, 11) is -4.42. The van der Waals surface area contributed by atoms with Crippen LogP contribution in [0.5, 0.6) is 0 Å². The highest BCUT2D eigenvalue weighted by Gasteiger charge is 2.26. The molecule has 0 aliphatic heterocycles. The lowest BCUT2D eigenvalue weighted by Gasteiger charge is -2.19. The highest BCUT2D eigenvalue weighted by atomic mass is 31.2. The number of unbranched alkanes of at least 4 members (excludes halogenated alkanes) is 17. The fourth-order valence-corrected chi connectivity index (χ4v) is 10.8. The summed E-state index contributed by atoms with van der Waals surface area (Å²) >= 11 is 0. The molecule has 0 amide bonds. The van der Waals surface area contributed by atoms with E-state index < -0.39 is 32.5 Å². The highest BCUT2D eigenvalue weighted by Crippen LogP contribution is 2.43. The van der Waals surface area contributed by atoms with Crippen LogP contribution >= 0.6 is 7.82 Å². The Morgan fingerprint density at radius 3 is 0.748 bits per heavy atom. The van der Waals surface area contributed by atoms with Crippen LogP contribution in [0.1, 0.15) is 284 Å². The van der Waals surface area contributed by atoms with Gasteiger partial charge in [0.1, 0.15) is 6.61 Å². The van der Waals surface area contributed by atoms with Gasteiger partial charge in [-0.3, -0.25) is 18.6 Å². The molecule has 3 N–H and O–H groups in total. The molecule has 103 heavy (non-hydrogen) atoms. The SMILES string of the molecule is CC/C=C\C/C=C\C/C=C\C/C=C\C/C=C\C/C=C\C/C=C\C/C=C\C/C=C\C/C=C\C/C=C\C/C=C\CCCCCCC(=O)OC(COC(=O)CCCCCCCCCCCCCCC/C=C\C/C=C\C/C=C\C/C=C\C/C=C\C/C=C\C/C=C\C/C=C\C/C=C\CC)COP(=O)(O)OCCN. The van der Waals surface area contributed by atoms with Crippen molar-refractivity contribution < 1.29 is 37.6 Å². The van der Waals surface area contributed by atoms with Crippen molar-refractivity contribution in [2.24, 2.45) is 5.73 Å². The number of nitrogens with two attached hydrogens (primary N) is 1. The molecular formula is C93H144NO8P. The fraction of sp³-hybridized carbons (Fsp3) is 0.527. The standard InChI is InChI=1S/C93H144NO8P/c1-3-5-7-9-11-13-15-17-19-21-23-25-27-29-31-33-35-37-39-41-43-45-47-49-51-53-55-57-59-61-63-65-67-69-71-73-75-77-79-81-83-85-92(95)99-89-91(90-101-103(97,98)100-88-87-94)102-93(96)86-84-82-80-78-76-74-72-70-68-66-64-62-60-58-56-54-52-50-48-46-44-42-40-38-36-34-32-30-28-26-24-22-20-18-16-14-12-10-8-6-4-2/h5-8,11-14,17-20,23-26,29-32,35-38,41-44,47-50,53-56,60,62,66,68,72,74,91H,3-4,9-10,15-16,21-22,27-28,33-34,39-40,45-46,51-52,57-59,61,63-65,67,69-71,73,75-90,94H2,1-2H3,(H,97,98)/b7-5-,8-6-,13-11-,14-12-,19-17-,20-18-,25-23-,26-24-,31-29-,32-30-,37-35-,38-36-,43-41-,44-42-,49-47-,50-48-,55-53-,56-54-,62-60-,68-66-,74-72-. The van der Waals surface area contributed by atoms with Gasteiger partial charge >= 0.3 is 19.8 Å². The third-order valence-corrected chi connectivity index (χ3v) is 16.9. The first kappa shape index (κ1) is 96.5. The number of carbonyl (C=O) groups excluding carboxylic acids is 2. The normalized spacial score (nSPS) is 14.3. The van der Waals surface area contributed by atoms with Gasteiger partial charge in [-0.05, 0) is 173 Å². The van der Waals surface area contributed by atoms with Crippen molar-refractivity contribution in [3.05, 3.63) is 255 Å². The molecule has 0 aromatic rings. The van der Waals surface area contributed by atoms with Crippen LogP contribution in [-0.4, -0.2) is 49.3 Å². The van der Waals surface area contributed by atoms with Crippen LogP contribution < -0.4 is 5.73 Å². The lowest BCUT2D eigenvalue weighted by Crippen LogP contribution is -2.29. The van der Waals surface area contributed by atoms with Gasteiger partial charge in [-0.15, -0.1) is 0 Å². The molecule has 0 heterocycles. The minimum atomic E-state index is -4.42. The number of esters is 2. The molecule has 0 rings (SSSR count). The predicted molar refractivity (Wildman–Crippen MR) is 449 cm³/mol. The van der Waals surface area contributed by atoms with Crippen molar-refractivity contribution in [1.29, 1.82) is 0 Å². The molecule has 574 valence electrons. The Morgan fingerprint density at radius 2 is 0.505 bits per heavy atom. The molecule has 0 radical (unpaired) electrons. The third kappa shape index (κ3) is 84.4. The number of ether oxygens (including phenoxy) is 2. The number of hydrogen-bond donors (Lipinski definition) is 2. The van der Waals surface area contributed by atoms with E-state index in [4.69, 9.17) is 24.3 Å². The molecule has 0 spiro atoms. The molecule has 2 unspecified atom stereocenters. The van der Waals surface area contributed by atoms with Gasteiger partial charge < -0.3 is 20.1 Å². The summed E-state index contributed by atoms with van der Waals surface area (Å²) in [6, 6.07) is 0. The number of hydrogen-bond acceptors (Lipinski definition) is 8. The number of phosphoric ester groups is 1. The number of rotatable bonds is 72. The van der Waals surface area contributed by atoms with Crippen LogP contribution in [0.25, 0.3) is 0 Å². The lowest BCUT2D eigenvalue weighted by atomic mass is 10.0. The lowest BCUT2D eigenvalue weighted by molar-refractivity contribution is -0.161. The Kier molecular flexibility index (Phi) is 79.2. The van der Waals surface area contributed by atoms with Crippen LogP contribution in [0.4, 0.5) is 0 Å². The second kappa shape index (κ2) is 84.5. The van der Waals surface area contributed by atoms with Crippen molar-refractivity contribution in [1.82, 2.24) is 0 Å². The molecule has 0 aromatic heterocycles. The Labute approximate surface area is 630 Å². The molecule has 9 nitrogen and oxygen atoms in total. The minimum absolute atomic E-state index is 0.0365. The van der Waals surface area contributed by atoms with Crippen molar-refractivity contribution >= 4 is 19.8 Å². The molecule has 0 saturated carbocycles. The van der Waals surface area contributed by atoms with Crippen LogP contribution in [0.15, 0.2) is 255 Å². The number of carbonyl (C=O) groups is 2. The monoisotopic (exact) mass is 1430 g/mol. The van der Waals surface area contributed by atoms with E-state index in [-0.39, 0.29) is 32.6 Å². The Balaban J connectivity index is 4.00. The summed E-state index contributed by atoms with van der Waals surface area (Å²) in [6.07, 6.45) is 135. The van der Waals surface area contributed by atoms with E-state index >= 15 is 0 Å². The minimum Gasteiger partial charge on any atom is -0.462 e. The average Bonchev–Trinajstić information content (AvgIpc) is 0.970. The topological polar surface area (TPSA) is 134 Å². The van der Waals surface area contributed by atoms with E-state index in [1.54, 1.807) is 0 Å². The summed E-state index contributed by atoms with van der Waals surface area (Å²) < 4.78 is 33.2. The number of allylic oxidation sites excluding steroid dienone is 42.